The van der Waals surface area contributed by atoms with E-state index in [-0.39, 0.29) is 5.91 Å². The Labute approximate surface area is 134 Å². The van der Waals surface area contributed by atoms with Crippen molar-refractivity contribution in [1.29, 1.82) is 0 Å². The second-order valence-electron chi connectivity index (χ2n) is 5.36. The van der Waals surface area contributed by atoms with Crippen LogP contribution in [0.3, 0.4) is 0 Å². The van der Waals surface area contributed by atoms with Crippen molar-refractivity contribution in [3.63, 3.8) is 0 Å². The topological polar surface area (TPSA) is 84.5 Å². The molecule has 1 aliphatic rings. The summed E-state index contributed by atoms with van der Waals surface area (Å²) in [7, 11) is -3.31. The van der Waals surface area contributed by atoms with Crippen LogP contribution in [-0.4, -0.2) is 26.7 Å². The van der Waals surface area contributed by atoms with Gasteiger partial charge in [-0.15, -0.1) is 0 Å². The smallest absolute Gasteiger partial charge is 0.265 e. The molecule has 0 aromatic heterocycles. The second-order valence-corrected chi connectivity index (χ2v) is 7.11. The van der Waals surface area contributed by atoms with Crippen molar-refractivity contribution in [3.8, 4) is 5.75 Å². The predicted octanol–water partition coefficient (Wildman–Crippen LogP) is 2.00. The van der Waals surface area contributed by atoms with Crippen molar-refractivity contribution in [2.45, 2.75) is 12.5 Å². The molecule has 23 heavy (non-hydrogen) atoms. The van der Waals surface area contributed by atoms with Gasteiger partial charge in [0.2, 0.25) is 10.0 Å². The van der Waals surface area contributed by atoms with Crippen molar-refractivity contribution >= 4 is 27.3 Å². The van der Waals surface area contributed by atoms with Gasteiger partial charge < -0.3 is 10.1 Å². The number of ether oxygens (including phenoxy) is 1. The fraction of sp³-hybridized carbons (Fsp3) is 0.188. The van der Waals surface area contributed by atoms with E-state index in [0.717, 1.165) is 17.6 Å². The first-order chi connectivity index (χ1) is 10.9. The average Bonchev–Trinajstić information content (AvgIpc) is 2.92. The van der Waals surface area contributed by atoms with Gasteiger partial charge in [0.1, 0.15) is 5.75 Å². The number of fused-ring (bicyclic) bond motifs is 1. The minimum Gasteiger partial charge on any atom is -0.480 e. The normalized spacial score (nSPS) is 16.3. The number of benzene rings is 2. The van der Waals surface area contributed by atoms with Crippen LogP contribution >= 0.6 is 0 Å². The van der Waals surface area contributed by atoms with Gasteiger partial charge >= 0.3 is 0 Å². The lowest BCUT2D eigenvalue weighted by atomic mass is 10.1. The van der Waals surface area contributed by atoms with Crippen molar-refractivity contribution in [1.82, 2.24) is 0 Å². The lowest BCUT2D eigenvalue weighted by Crippen LogP contribution is -2.31. The van der Waals surface area contributed by atoms with E-state index in [1.54, 1.807) is 24.3 Å². The molecule has 0 saturated heterocycles. The Kier molecular flexibility index (Phi) is 3.96. The summed E-state index contributed by atoms with van der Waals surface area (Å²) in [6.45, 7) is 0. The Morgan fingerprint density at radius 2 is 1.74 bits per heavy atom. The first-order valence-corrected chi connectivity index (χ1v) is 8.93. The molecular formula is C16H16N2O4S. The first-order valence-electron chi connectivity index (χ1n) is 7.04. The molecule has 1 atom stereocenters. The van der Waals surface area contributed by atoms with Gasteiger partial charge in [-0.05, 0) is 35.9 Å². The highest BCUT2D eigenvalue weighted by Crippen LogP contribution is 2.28. The fourth-order valence-corrected chi connectivity index (χ4v) is 2.95. The molecule has 1 aliphatic heterocycles. The third-order valence-electron chi connectivity index (χ3n) is 3.40. The Bertz CT molecular complexity index is 806. The number of rotatable bonds is 4. The van der Waals surface area contributed by atoms with E-state index >= 15 is 0 Å². The van der Waals surface area contributed by atoms with Gasteiger partial charge in [-0.1, -0.05) is 18.2 Å². The molecular weight excluding hydrogens is 316 g/mol. The maximum atomic E-state index is 12.2. The maximum absolute atomic E-state index is 12.2. The van der Waals surface area contributed by atoms with Crippen LogP contribution in [0.25, 0.3) is 0 Å². The Balaban J connectivity index is 1.63. The number of carbonyl (C=O) groups is 1. The summed E-state index contributed by atoms with van der Waals surface area (Å²) in [6.07, 6.45) is 1.06. The van der Waals surface area contributed by atoms with Crippen LogP contribution in [0.4, 0.5) is 11.4 Å². The lowest BCUT2D eigenvalue weighted by Gasteiger charge is -2.12. The fourth-order valence-electron chi connectivity index (χ4n) is 2.39. The third-order valence-corrected chi connectivity index (χ3v) is 4.00. The molecule has 120 valence electrons. The molecule has 0 saturated carbocycles. The van der Waals surface area contributed by atoms with Gasteiger partial charge in [0.25, 0.3) is 5.91 Å². The predicted molar refractivity (Wildman–Crippen MR) is 88.1 cm³/mol. The average molecular weight is 332 g/mol. The lowest BCUT2D eigenvalue weighted by molar-refractivity contribution is -0.122. The zero-order chi connectivity index (χ0) is 16.4. The number of hydrogen-bond acceptors (Lipinski definition) is 4. The molecule has 3 rings (SSSR count). The van der Waals surface area contributed by atoms with Gasteiger partial charge in [-0.3, -0.25) is 9.52 Å². The molecule has 2 aromatic carbocycles. The third kappa shape index (κ3) is 3.81. The van der Waals surface area contributed by atoms with E-state index in [9.17, 15) is 13.2 Å². The van der Waals surface area contributed by atoms with Crippen molar-refractivity contribution < 1.29 is 17.9 Å². The molecule has 0 fully saturated rings. The van der Waals surface area contributed by atoms with Crippen LogP contribution in [0.1, 0.15) is 5.56 Å². The minimum atomic E-state index is -3.31. The zero-order valence-corrected chi connectivity index (χ0v) is 13.3. The maximum Gasteiger partial charge on any atom is 0.265 e. The number of carbonyl (C=O) groups excluding carboxylic acids is 1. The van der Waals surface area contributed by atoms with Gasteiger partial charge in [-0.25, -0.2) is 8.42 Å². The van der Waals surface area contributed by atoms with E-state index in [4.69, 9.17) is 4.74 Å². The number of hydrogen-bond donors (Lipinski definition) is 2. The monoisotopic (exact) mass is 332 g/mol. The molecule has 0 spiro atoms. The summed E-state index contributed by atoms with van der Waals surface area (Å²) in [5.41, 5.74) is 2.03. The summed E-state index contributed by atoms with van der Waals surface area (Å²) in [5.74, 6) is 0.505. The molecule has 1 unspecified atom stereocenters. The van der Waals surface area contributed by atoms with Crippen molar-refractivity contribution in [2.24, 2.45) is 0 Å². The van der Waals surface area contributed by atoms with Gasteiger partial charge in [0.15, 0.2) is 6.10 Å². The summed E-state index contributed by atoms with van der Waals surface area (Å²) < 4.78 is 30.3. The van der Waals surface area contributed by atoms with Crippen LogP contribution < -0.4 is 14.8 Å². The Hall–Kier alpha value is -2.54. The molecule has 1 heterocycles. The minimum absolute atomic E-state index is 0.231. The van der Waals surface area contributed by atoms with Crippen LogP contribution in [0.15, 0.2) is 48.5 Å². The van der Waals surface area contributed by atoms with Crippen molar-refractivity contribution in [3.05, 3.63) is 54.1 Å². The standard InChI is InChI=1S/C16H16N2O4S/c1-23(20,21)18-13-8-6-12(7-9-13)17-16(19)15-10-11-4-2-3-5-14(11)22-15/h2-9,15,18H,10H2,1H3,(H,17,19). The van der Waals surface area contributed by atoms with E-state index in [1.807, 2.05) is 24.3 Å². The summed E-state index contributed by atoms with van der Waals surface area (Å²) in [4.78, 5) is 12.2. The van der Waals surface area contributed by atoms with E-state index in [2.05, 4.69) is 10.0 Å². The quantitative estimate of drug-likeness (QED) is 0.897. The Morgan fingerprint density at radius 1 is 1.09 bits per heavy atom. The van der Waals surface area contributed by atoms with Crippen LogP contribution in [0.2, 0.25) is 0 Å². The molecule has 0 aliphatic carbocycles. The molecule has 6 nitrogen and oxygen atoms in total. The highest BCUT2D eigenvalue weighted by molar-refractivity contribution is 7.92. The summed E-state index contributed by atoms with van der Waals surface area (Å²) in [5, 5.41) is 2.77. The molecule has 0 bridgehead atoms. The van der Waals surface area contributed by atoms with E-state index in [0.29, 0.717) is 17.8 Å². The second kappa shape index (κ2) is 5.92. The van der Waals surface area contributed by atoms with Crippen molar-refractivity contribution in [2.75, 3.05) is 16.3 Å². The Morgan fingerprint density at radius 3 is 2.39 bits per heavy atom. The molecule has 2 aromatic rings. The van der Waals surface area contributed by atoms with Gasteiger partial charge in [0.05, 0.1) is 6.26 Å². The van der Waals surface area contributed by atoms with Crippen LogP contribution in [-0.2, 0) is 21.2 Å². The SMILES string of the molecule is CS(=O)(=O)Nc1ccc(NC(=O)C2Cc3ccccc3O2)cc1. The van der Waals surface area contributed by atoms with E-state index < -0.39 is 16.1 Å². The summed E-state index contributed by atoms with van der Waals surface area (Å²) >= 11 is 0. The number of nitrogens with one attached hydrogen (secondary N) is 2. The highest BCUT2D eigenvalue weighted by atomic mass is 32.2. The van der Waals surface area contributed by atoms with Crippen LogP contribution in [0.5, 0.6) is 5.75 Å². The molecule has 7 heteroatoms. The molecule has 0 radical (unpaired) electrons. The van der Waals surface area contributed by atoms with Gasteiger partial charge in [-0.2, -0.15) is 0 Å². The molecule has 2 N–H and O–H groups in total. The largest absolute Gasteiger partial charge is 0.480 e. The number of sulfonamides is 1. The number of anilines is 2. The number of amides is 1. The first kappa shape index (κ1) is 15.4. The van der Waals surface area contributed by atoms with Crippen LogP contribution in [0, 0.1) is 0 Å². The highest BCUT2D eigenvalue weighted by Gasteiger charge is 2.28. The number of para-hydroxylation sites is 1. The zero-order valence-electron chi connectivity index (χ0n) is 12.4. The summed E-state index contributed by atoms with van der Waals surface area (Å²) in [6, 6.07) is 14.0. The van der Waals surface area contributed by atoms with Gasteiger partial charge in [0, 0.05) is 17.8 Å². The molecule has 1 amide bonds. The van der Waals surface area contributed by atoms with E-state index in [1.165, 1.54) is 0 Å².